The first-order valence-corrected chi connectivity index (χ1v) is 7.06. The van der Waals surface area contributed by atoms with E-state index in [1.54, 1.807) is 26.2 Å². The van der Waals surface area contributed by atoms with Crippen LogP contribution in [0.25, 0.3) is 0 Å². The summed E-state index contributed by atoms with van der Waals surface area (Å²) in [6, 6.07) is 1.57. The molecule has 0 spiro atoms. The van der Waals surface area contributed by atoms with E-state index in [-0.39, 0.29) is 11.4 Å². The van der Waals surface area contributed by atoms with Gasteiger partial charge in [0.15, 0.2) is 11.6 Å². The maximum atomic E-state index is 14.1. The monoisotopic (exact) mass is 304 g/mol. The van der Waals surface area contributed by atoms with Crippen molar-refractivity contribution in [3.8, 4) is 0 Å². The predicted molar refractivity (Wildman–Crippen MR) is 80.6 cm³/mol. The Morgan fingerprint density at radius 1 is 1.14 bits per heavy atom. The molecule has 3 heterocycles. The number of halogens is 1. The lowest BCUT2D eigenvalue weighted by molar-refractivity contribution is 0.573. The van der Waals surface area contributed by atoms with E-state index in [1.807, 2.05) is 4.90 Å². The van der Waals surface area contributed by atoms with E-state index in [2.05, 4.69) is 20.0 Å². The molecule has 1 fully saturated rings. The van der Waals surface area contributed by atoms with Crippen molar-refractivity contribution in [2.24, 2.45) is 7.05 Å². The number of nitrogens with zero attached hydrogens (tertiary/aromatic N) is 6. The van der Waals surface area contributed by atoms with Crippen molar-refractivity contribution in [2.45, 2.75) is 6.92 Å². The smallest absolute Gasteiger partial charge is 0.268 e. The molecule has 116 valence electrons. The van der Waals surface area contributed by atoms with Crippen LogP contribution in [0.1, 0.15) is 5.69 Å². The molecule has 0 aliphatic carbocycles. The Hall–Kier alpha value is -2.51. The molecule has 0 radical (unpaired) electrons. The number of hydrogen-bond donors (Lipinski definition) is 0. The van der Waals surface area contributed by atoms with E-state index < -0.39 is 0 Å². The van der Waals surface area contributed by atoms with Crippen molar-refractivity contribution < 1.29 is 4.39 Å². The summed E-state index contributed by atoms with van der Waals surface area (Å²) in [5.41, 5.74) is 1.00. The van der Waals surface area contributed by atoms with Crippen molar-refractivity contribution in [3.05, 3.63) is 40.5 Å². The van der Waals surface area contributed by atoms with E-state index in [4.69, 9.17) is 0 Å². The second kappa shape index (κ2) is 5.70. The molecule has 0 saturated carbocycles. The Morgan fingerprint density at radius 2 is 1.82 bits per heavy atom. The van der Waals surface area contributed by atoms with Crippen molar-refractivity contribution in [1.82, 2.24) is 19.7 Å². The second-order valence-corrected chi connectivity index (χ2v) is 5.25. The van der Waals surface area contributed by atoms with Crippen LogP contribution in [0.2, 0.25) is 0 Å². The third kappa shape index (κ3) is 2.63. The fourth-order valence-electron chi connectivity index (χ4n) is 2.48. The zero-order valence-electron chi connectivity index (χ0n) is 12.5. The van der Waals surface area contributed by atoms with Gasteiger partial charge in [-0.2, -0.15) is 5.10 Å². The molecule has 0 N–H and O–H groups in total. The van der Waals surface area contributed by atoms with Gasteiger partial charge in [0.2, 0.25) is 0 Å². The number of piperazine rings is 1. The Bertz CT molecular complexity index is 738. The van der Waals surface area contributed by atoms with Crippen LogP contribution in [0.4, 0.5) is 15.9 Å². The standard InChI is InChI=1S/C14H17FN6O/c1-10-13(15)14(17-9-16-10)21-5-3-20(4-6-21)11-7-12(22)19(2)18-8-11/h7-9H,3-6H2,1-2H3. The highest BCUT2D eigenvalue weighted by atomic mass is 19.1. The van der Waals surface area contributed by atoms with Crippen LogP contribution in [0.5, 0.6) is 0 Å². The summed E-state index contributed by atoms with van der Waals surface area (Å²) in [7, 11) is 1.62. The Labute approximate surface area is 127 Å². The Balaban J connectivity index is 1.73. The van der Waals surface area contributed by atoms with Gasteiger partial charge in [-0.1, -0.05) is 0 Å². The van der Waals surface area contributed by atoms with Crippen molar-refractivity contribution in [3.63, 3.8) is 0 Å². The first kappa shape index (κ1) is 14.4. The van der Waals surface area contributed by atoms with Gasteiger partial charge < -0.3 is 9.80 Å². The molecule has 8 heteroatoms. The molecule has 0 amide bonds. The van der Waals surface area contributed by atoms with Crippen molar-refractivity contribution >= 4 is 11.5 Å². The van der Waals surface area contributed by atoms with Crippen LogP contribution in [-0.2, 0) is 7.05 Å². The van der Waals surface area contributed by atoms with Crippen LogP contribution in [0, 0.1) is 12.7 Å². The van der Waals surface area contributed by atoms with Gasteiger partial charge in [0.05, 0.1) is 17.6 Å². The fourth-order valence-corrected chi connectivity index (χ4v) is 2.48. The molecule has 0 unspecified atom stereocenters. The number of hydrogen-bond acceptors (Lipinski definition) is 6. The average Bonchev–Trinajstić information content (AvgIpc) is 2.53. The van der Waals surface area contributed by atoms with Gasteiger partial charge in [0.1, 0.15) is 6.33 Å². The molecule has 0 aromatic carbocycles. The third-order valence-electron chi connectivity index (χ3n) is 3.84. The highest BCUT2D eigenvalue weighted by Gasteiger charge is 2.22. The summed E-state index contributed by atoms with van der Waals surface area (Å²) in [6.45, 7) is 4.24. The number of aryl methyl sites for hydroxylation is 2. The lowest BCUT2D eigenvalue weighted by Gasteiger charge is -2.36. The fraction of sp³-hybridized carbons (Fsp3) is 0.429. The van der Waals surface area contributed by atoms with E-state index in [9.17, 15) is 9.18 Å². The highest BCUT2D eigenvalue weighted by molar-refractivity contribution is 5.47. The summed E-state index contributed by atoms with van der Waals surface area (Å²) >= 11 is 0. The molecular weight excluding hydrogens is 287 g/mol. The van der Waals surface area contributed by atoms with Gasteiger partial charge in [-0.3, -0.25) is 4.79 Å². The molecule has 0 atom stereocenters. The van der Waals surface area contributed by atoms with Crippen LogP contribution < -0.4 is 15.4 Å². The van der Waals surface area contributed by atoms with E-state index in [0.717, 1.165) is 5.69 Å². The molecule has 1 aliphatic rings. The molecule has 22 heavy (non-hydrogen) atoms. The first-order valence-electron chi connectivity index (χ1n) is 7.06. The second-order valence-electron chi connectivity index (χ2n) is 5.25. The molecule has 1 saturated heterocycles. The van der Waals surface area contributed by atoms with Gasteiger partial charge in [0.25, 0.3) is 5.56 Å². The van der Waals surface area contributed by atoms with Gasteiger partial charge in [0, 0.05) is 39.3 Å². The van der Waals surface area contributed by atoms with Crippen LogP contribution in [0.3, 0.4) is 0 Å². The average molecular weight is 304 g/mol. The molecule has 1 aliphatic heterocycles. The summed E-state index contributed by atoms with van der Waals surface area (Å²) in [4.78, 5) is 23.5. The number of rotatable bonds is 2. The molecular formula is C14H17FN6O. The summed E-state index contributed by atoms with van der Waals surface area (Å²) in [5.74, 6) is -0.0274. The number of anilines is 2. The quantitative estimate of drug-likeness (QED) is 0.797. The minimum Gasteiger partial charge on any atom is -0.367 e. The van der Waals surface area contributed by atoms with Gasteiger partial charge in [-0.05, 0) is 6.92 Å². The minimum atomic E-state index is -0.369. The summed E-state index contributed by atoms with van der Waals surface area (Å²) in [6.07, 6.45) is 3.05. The van der Waals surface area contributed by atoms with Gasteiger partial charge in [-0.25, -0.2) is 19.0 Å². The molecule has 0 bridgehead atoms. The third-order valence-corrected chi connectivity index (χ3v) is 3.84. The minimum absolute atomic E-state index is 0.141. The van der Waals surface area contributed by atoms with E-state index in [1.165, 1.54) is 11.0 Å². The molecule has 7 nitrogen and oxygen atoms in total. The maximum Gasteiger partial charge on any atom is 0.268 e. The first-order chi connectivity index (χ1) is 10.6. The predicted octanol–water partition coefficient (Wildman–Crippen LogP) is 0.344. The summed E-state index contributed by atoms with van der Waals surface area (Å²) < 4.78 is 15.4. The highest BCUT2D eigenvalue weighted by Crippen LogP contribution is 2.20. The van der Waals surface area contributed by atoms with Crippen LogP contribution in [-0.4, -0.2) is 45.9 Å². The SMILES string of the molecule is Cc1ncnc(N2CCN(c3cnn(C)c(=O)c3)CC2)c1F. The molecule has 2 aromatic heterocycles. The van der Waals surface area contributed by atoms with Crippen molar-refractivity contribution in [1.29, 1.82) is 0 Å². The Kier molecular flexibility index (Phi) is 3.74. The summed E-state index contributed by atoms with van der Waals surface area (Å²) in [5, 5.41) is 4.03. The van der Waals surface area contributed by atoms with Crippen LogP contribution in [0.15, 0.2) is 23.4 Å². The normalized spacial score (nSPS) is 15.2. The zero-order chi connectivity index (χ0) is 15.7. The topological polar surface area (TPSA) is 67.2 Å². The lowest BCUT2D eigenvalue weighted by atomic mass is 10.2. The molecule has 2 aromatic rings. The van der Waals surface area contributed by atoms with Crippen LogP contribution >= 0.6 is 0 Å². The van der Waals surface area contributed by atoms with Gasteiger partial charge in [-0.15, -0.1) is 0 Å². The Morgan fingerprint density at radius 3 is 2.50 bits per heavy atom. The zero-order valence-corrected chi connectivity index (χ0v) is 12.5. The largest absolute Gasteiger partial charge is 0.367 e. The number of aromatic nitrogens is 4. The van der Waals surface area contributed by atoms with E-state index in [0.29, 0.717) is 37.7 Å². The van der Waals surface area contributed by atoms with Crippen molar-refractivity contribution in [2.75, 3.05) is 36.0 Å². The van der Waals surface area contributed by atoms with Gasteiger partial charge >= 0.3 is 0 Å². The van der Waals surface area contributed by atoms with E-state index >= 15 is 0 Å². The maximum absolute atomic E-state index is 14.1. The molecule has 3 rings (SSSR count). The lowest BCUT2D eigenvalue weighted by Crippen LogP contribution is -2.47.